The van der Waals surface area contributed by atoms with E-state index in [9.17, 15) is 0 Å². The minimum Gasteiger partial charge on any atom is -0.370 e. The van der Waals surface area contributed by atoms with Gasteiger partial charge in [-0.1, -0.05) is 30.3 Å². The number of fused-ring (bicyclic) bond motifs is 1. The van der Waals surface area contributed by atoms with Crippen LogP contribution < -0.4 is 0 Å². The van der Waals surface area contributed by atoms with E-state index in [0.717, 1.165) is 19.5 Å². The third kappa shape index (κ3) is 2.90. The van der Waals surface area contributed by atoms with E-state index in [1.165, 1.54) is 22.4 Å². The van der Waals surface area contributed by atoms with Gasteiger partial charge in [0.2, 0.25) is 0 Å². The summed E-state index contributed by atoms with van der Waals surface area (Å²) in [7, 11) is 0. The zero-order valence-electron chi connectivity index (χ0n) is 13.0. The van der Waals surface area contributed by atoms with Crippen molar-refractivity contribution in [1.29, 1.82) is 0 Å². The van der Waals surface area contributed by atoms with Crippen LogP contribution in [-0.4, -0.2) is 21.0 Å². The minimum absolute atomic E-state index is 0.938. The van der Waals surface area contributed by atoms with Gasteiger partial charge >= 0.3 is 0 Å². The Bertz CT molecular complexity index is 803. The third-order valence-corrected chi connectivity index (χ3v) is 4.34. The standard InChI is InChI=1S/C20H19N3/c1-2-4-17(5-3-1)8-12-22-14-15-23-13-9-19(20(23)16-22)18-6-10-21-11-7-18/h1-7,9-11,13-15H,8,12,16H2. The Morgan fingerprint density at radius 3 is 2.57 bits per heavy atom. The molecule has 0 atom stereocenters. The number of hydrogen-bond donors (Lipinski definition) is 0. The Kier molecular flexibility index (Phi) is 3.68. The number of rotatable bonds is 4. The van der Waals surface area contributed by atoms with Crippen molar-refractivity contribution in [3.05, 3.63) is 84.6 Å². The summed E-state index contributed by atoms with van der Waals surface area (Å²) in [4.78, 5) is 6.50. The van der Waals surface area contributed by atoms with Crippen LogP contribution in [0.2, 0.25) is 0 Å². The van der Waals surface area contributed by atoms with Crippen LogP contribution in [0.5, 0.6) is 0 Å². The minimum atomic E-state index is 0.938. The highest BCUT2D eigenvalue weighted by atomic mass is 15.2. The van der Waals surface area contributed by atoms with Crippen molar-refractivity contribution in [3.8, 4) is 11.1 Å². The Hall–Kier alpha value is -2.81. The molecule has 23 heavy (non-hydrogen) atoms. The van der Waals surface area contributed by atoms with Crippen molar-refractivity contribution in [2.75, 3.05) is 6.54 Å². The monoisotopic (exact) mass is 301 g/mol. The van der Waals surface area contributed by atoms with Gasteiger partial charge in [0, 0.05) is 48.8 Å². The second kappa shape index (κ2) is 6.13. The zero-order chi connectivity index (χ0) is 15.5. The molecule has 1 aliphatic rings. The highest BCUT2D eigenvalue weighted by molar-refractivity contribution is 5.67. The van der Waals surface area contributed by atoms with Crippen LogP contribution in [0.4, 0.5) is 0 Å². The van der Waals surface area contributed by atoms with Gasteiger partial charge < -0.3 is 9.47 Å². The van der Waals surface area contributed by atoms with E-state index in [1.54, 1.807) is 0 Å². The van der Waals surface area contributed by atoms with Gasteiger partial charge in [-0.25, -0.2) is 0 Å². The lowest BCUT2D eigenvalue weighted by Crippen LogP contribution is -2.24. The maximum Gasteiger partial charge on any atom is 0.0586 e. The number of hydrogen-bond acceptors (Lipinski definition) is 2. The SMILES string of the molecule is C1=Cn2ccc(-c3ccncc3)c2CN1CCc1ccccc1. The maximum absolute atomic E-state index is 4.11. The van der Waals surface area contributed by atoms with Gasteiger partial charge in [-0.05, 0) is 35.7 Å². The summed E-state index contributed by atoms with van der Waals surface area (Å²) in [5, 5.41) is 0. The van der Waals surface area contributed by atoms with Gasteiger partial charge in [0.25, 0.3) is 0 Å². The van der Waals surface area contributed by atoms with Gasteiger partial charge in [0.15, 0.2) is 0 Å². The first-order valence-electron chi connectivity index (χ1n) is 7.96. The molecule has 0 bridgehead atoms. The van der Waals surface area contributed by atoms with E-state index >= 15 is 0 Å². The van der Waals surface area contributed by atoms with Crippen LogP contribution in [0, 0.1) is 0 Å². The predicted molar refractivity (Wildman–Crippen MR) is 93.5 cm³/mol. The lowest BCUT2D eigenvalue weighted by Gasteiger charge is -2.25. The second-order valence-corrected chi connectivity index (χ2v) is 5.82. The quantitative estimate of drug-likeness (QED) is 0.725. The first-order chi connectivity index (χ1) is 11.4. The van der Waals surface area contributed by atoms with E-state index in [1.807, 2.05) is 12.4 Å². The molecule has 0 saturated carbocycles. The van der Waals surface area contributed by atoms with Crippen LogP contribution in [-0.2, 0) is 13.0 Å². The number of aromatic nitrogens is 2. The van der Waals surface area contributed by atoms with Crippen molar-refractivity contribution in [3.63, 3.8) is 0 Å². The van der Waals surface area contributed by atoms with Crippen LogP contribution in [0.15, 0.2) is 73.3 Å². The molecule has 0 radical (unpaired) electrons. The summed E-state index contributed by atoms with van der Waals surface area (Å²) in [6, 6.07) is 17.0. The molecule has 2 aromatic heterocycles. The molecule has 0 unspecified atom stereocenters. The Balaban J connectivity index is 1.51. The fraction of sp³-hybridized carbons (Fsp3) is 0.150. The van der Waals surface area contributed by atoms with Gasteiger partial charge in [-0.15, -0.1) is 0 Å². The third-order valence-electron chi connectivity index (χ3n) is 4.34. The molecule has 0 amide bonds. The molecule has 0 aliphatic carbocycles. The molecular formula is C20H19N3. The highest BCUT2D eigenvalue weighted by Gasteiger charge is 2.15. The van der Waals surface area contributed by atoms with Gasteiger partial charge in [-0.2, -0.15) is 0 Å². The molecule has 3 nitrogen and oxygen atoms in total. The number of pyridine rings is 1. The number of benzene rings is 1. The fourth-order valence-corrected chi connectivity index (χ4v) is 3.06. The summed E-state index contributed by atoms with van der Waals surface area (Å²) in [6.45, 7) is 1.97. The Labute approximate surface area is 136 Å². The van der Waals surface area contributed by atoms with Gasteiger partial charge in [0.1, 0.15) is 0 Å². The molecule has 1 aromatic carbocycles. The van der Waals surface area contributed by atoms with Crippen molar-refractivity contribution >= 4 is 6.20 Å². The molecule has 114 valence electrons. The topological polar surface area (TPSA) is 21.1 Å². The molecule has 3 heterocycles. The average molecular weight is 301 g/mol. The van der Waals surface area contributed by atoms with Gasteiger partial charge in [-0.3, -0.25) is 4.98 Å². The van der Waals surface area contributed by atoms with E-state index < -0.39 is 0 Å². The smallest absolute Gasteiger partial charge is 0.0586 e. The van der Waals surface area contributed by atoms with Crippen molar-refractivity contribution in [2.24, 2.45) is 0 Å². The summed E-state index contributed by atoms with van der Waals surface area (Å²) in [5.41, 5.74) is 5.25. The second-order valence-electron chi connectivity index (χ2n) is 5.82. The molecule has 3 aromatic rings. The fourth-order valence-electron chi connectivity index (χ4n) is 3.06. The van der Waals surface area contributed by atoms with Crippen LogP contribution in [0.3, 0.4) is 0 Å². The molecule has 3 heteroatoms. The van der Waals surface area contributed by atoms with Gasteiger partial charge in [0.05, 0.1) is 6.54 Å². The summed E-state index contributed by atoms with van der Waals surface area (Å²) in [6.07, 6.45) is 11.2. The predicted octanol–water partition coefficient (Wildman–Crippen LogP) is 4.04. The van der Waals surface area contributed by atoms with E-state index in [4.69, 9.17) is 0 Å². The molecule has 0 N–H and O–H groups in total. The van der Waals surface area contributed by atoms with Crippen molar-refractivity contribution in [2.45, 2.75) is 13.0 Å². The summed E-state index contributed by atoms with van der Waals surface area (Å²) >= 11 is 0. The van der Waals surface area contributed by atoms with Crippen molar-refractivity contribution in [1.82, 2.24) is 14.5 Å². The van der Waals surface area contributed by atoms with Crippen molar-refractivity contribution < 1.29 is 0 Å². The summed E-state index contributed by atoms with van der Waals surface area (Å²) < 4.78 is 2.22. The average Bonchev–Trinajstić information content (AvgIpc) is 3.05. The molecule has 1 aliphatic heterocycles. The largest absolute Gasteiger partial charge is 0.370 e. The first kappa shape index (κ1) is 13.8. The normalized spacial score (nSPS) is 13.1. The molecule has 0 saturated heterocycles. The molecule has 4 rings (SSSR count). The lowest BCUT2D eigenvalue weighted by molar-refractivity contribution is 0.360. The molecule has 0 spiro atoms. The molecule has 0 fully saturated rings. The summed E-state index contributed by atoms with van der Waals surface area (Å²) in [5.74, 6) is 0. The van der Waals surface area contributed by atoms with Crippen LogP contribution in [0.25, 0.3) is 17.3 Å². The lowest BCUT2D eigenvalue weighted by atomic mass is 10.1. The zero-order valence-corrected chi connectivity index (χ0v) is 13.0. The molecular weight excluding hydrogens is 282 g/mol. The Morgan fingerprint density at radius 1 is 0.913 bits per heavy atom. The maximum atomic E-state index is 4.11. The van der Waals surface area contributed by atoms with E-state index in [0.29, 0.717) is 0 Å². The van der Waals surface area contributed by atoms with Crippen LogP contribution >= 0.6 is 0 Å². The van der Waals surface area contributed by atoms with E-state index in [-0.39, 0.29) is 0 Å². The first-order valence-corrected chi connectivity index (χ1v) is 7.96. The van der Waals surface area contributed by atoms with E-state index in [2.05, 4.69) is 81.6 Å². The van der Waals surface area contributed by atoms with Crippen LogP contribution in [0.1, 0.15) is 11.3 Å². The number of nitrogens with zero attached hydrogens (tertiary/aromatic N) is 3. The Morgan fingerprint density at radius 2 is 1.74 bits per heavy atom. The highest BCUT2D eigenvalue weighted by Crippen LogP contribution is 2.28.